The van der Waals surface area contributed by atoms with E-state index in [1.807, 2.05) is 41.2 Å². The van der Waals surface area contributed by atoms with E-state index >= 15 is 0 Å². The van der Waals surface area contributed by atoms with Crippen LogP contribution < -0.4 is 4.74 Å². The lowest BCUT2D eigenvalue weighted by molar-refractivity contribution is 0.275. The second-order valence-corrected chi connectivity index (χ2v) is 4.55. The van der Waals surface area contributed by atoms with Gasteiger partial charge in [0.25, 0.3) is 0 Å². The second kappa shape index (κ2) is 6.19. The van der Waals surface area contributed by atoms with Crippen molar-refractivity contribution in [2.45, 2.75) is 13.2 Å². The minimum absolute atomic E-state index is 0.0603. The van der Waals surface area contributed by atoms with Crippen LogP contribution in [0.15, 0.2) is 61.1 Å². The molecule has 1 N–H and O–H groups in total. The van der Waals surface area contributed by atoms with Gasteiger partial charge in [-0.15, -0.1) is 0 Å². The molecule has 5 nitrogen and oxygen atoms in total. The Balaban J connectivity index is 1.62. The highest BCUT2D eigenvalue weighted by Gasteiger charge is 2.00. The maximum absolute atomic E-state index is 8.93. The average molecular weight is 281 g/mol. The predicted molar refractivity (Wildman–Crippen MR) is 78.1 cm³/mol. The molecule has 0 saturated heterocycles. The first-order valence-electron chi connectivity index (χ1n) is 6.63. The van der Waals surface area contributed by atoms with Crippen LogP contribution in [-0.2, 0) is 13.2 Å². The fourth-order valence-electron chi connectivity index (χ4n) is 1.92. The Morgan fingerprint density at radius 2 is 1.95 bits per heavy atom. The highest BCUT2D eigenvalue weighted by atomic mass is 16.5. The molecule has 5 heteroatoms. The quantitative estimate of drug-likeness (QED) is 0.779. The Morgan fingerprint density at radius 1 is 1.10 bits per heavy atom. The van der Waals surface area contributed by atoms with Crippen LogP contribution in [0.4, 0.5) is 0 Å². The first kappa shape index (κ1) is 13.3. The molecule has 0 saturated carbocycles. The number of aliphatic hydroxyl groups excluding tert-OH is 1. The fraction of sp³-hybridized carbons (Fsp3) is 0.125. The Bertz CT molecular complexity index is 677. The summed E-state index contributed by atoms with van der Waals surface area (Å²) in [5.74, 6) is 0.684. The van der Waals surface area contributed by atoms with E-state index in [4.69, 9.17) is 9.84 Å². The van der Waals surface area contributed by atoms with E-state index in [0.29, 0.717) is 18.1 Å². The van der Waals surface area contributed by atoms with Crippen molar-refractivity contribution in [1.29, 1.82) is 0 Å². The molecule has 2 aromatic heterocycles. The van der Waals surface area contributed by atoms with Gasteiger partial charge in [0.15, 0.2) is 0 Å². The number of ether oxygens (including phenoxy) is 1. The van der Waals surface area contributed by atoms with E-state index in [9.17, 15) is 0 Å². The molecule has 0 aliphatic rings. The van der Waals surface area contributed by atoms with Gasteiger partial charge in [-0.1, -0.05) is 12.1 Å². The van der Waals surface area contributed by atoms with Crippen LogP contribution in [0.1, 0.15) is 11.3 Å². The zero-order valence-corrected chi connectivity index (χ0v) is 11.4. The molecule has 3 aromatic rings. The largest absolute Gasteiger partial charge is 0.487 e. The van der Waals surface area contributed by atoms with Crippen molar-refractivity contribution >= 4 is 0 Å². The molecule has 1 aromatic carbocycles. The summed E-state index contributed by atoms with van der Waals surface area (Å²) in [5.41, 5.74) is 2.71. The van der Waals surface area contributed by atoms with E-state index in [1.54, 1.807) is 24.5 Å². The maximum atomic E-state index is 8.93. The van der Waals surface area contributed by atoms with Crippen molar-refractivity contribution in [3.63, 3.8) is 0 Å². The summed E-state index contributed by atoms with van der Waals surface area (Å²) in [5, 5.41) is 13.1. The van der Waals surface area contributed by atoms with E-state index in [0.717, 1.165) is 11.3 Å². The number of hydrogen-bond acceptors (Lipinski definition) is 4. The highest BCUT2D eigenvalue weighted by Crippen LogP contribution is 2.13. The molecule has 0 radical (unpaired) electrons. The van der Waals surface area contributed by atoms with Crippen LogP contribution in [0.3, 0.4) is 0 Å². The van der Waals surface area contributed by atoms with Crippen LogP contribution in [0.25, 0.3) is 5.69 Å². The Kier molecular flexibility index (Phi) is 3.93. The van der Waals surface area contributed by atoms with Crippen molar-refractivity contribution in [2.24, 2.45) is 0 Å². The van der Waals surface area contributed by atoms with Crippen molar-refractivity contribution in [3.05, 3.63) is 72.3 Å². The third-order valence-electron chi connectivity index (χ3n) is 3.07. The lowest BCUT2D eigenvalue weighted by Crippen LogP contribution is -1.98. The lowest BCUT2D eigenvalue weighted by atomic mass is 10.2. The number of benzene rings is 1. The molecular formula is C16H15N3O2. The first-order valence-corrected chi connectivity index (χ1v) is 6.63. The van der Waals surface area contributed by atoms with E-state index < -0.39 is 0 Å². The third kappa shape index (κ3) is 3.27. The van der Waals surface area contributed by atoms with Gasteiger partial charge in [0.1, 0.15) is 12.4 Å². The monoisotopic (exact) mass is 281 g/mol. The van der Waals surface area contributed by atoms with Gasteiger partial charge in [-0.05, 0) is 35.9 Å². The van der Waals surface area contributed by atoms with Crippen molar-refractivity contribution in [2.75, 3.05) is 0 Å². The Hall–Kier alpha value is -2.66. The van der Waals surface area contributed by atoms with E-state index in [1.165, 1.54) is 0 Å². The zero-order chi connectivity index (χ0) is 14.5. The number of hydrogen-bond donors (Lipinski definition) is 1. The van der Waals surface area contributed by atoms with Gasteiger partial charge in [0.2, 0.25) is 0 Å². The fourth-order valence-corrected chi connectivity index (χ4v) is 1.92. The second-order valence-electron chi connectivity index (χ2n) is 4.55. The van der Waals surface area contributed by atoms with Crippen molar-refractivity contribution in [3.8, 4) is 11.4 Å². The molecule has 3 rings (SSSR count). The van der Waals surface area contributed by atoms with Crippen molar-refractivity contribution in [1.82, 2.24) is 14.8 Å². The zero-order valence-electron chi connectivity index (χ0n) is 11.4. The van der Waals surface area contributed by atoms with Crippen molar-refractivity contribution < 1.29 is 9.84 Å². The predicted octanol–water partition coefficient (Wildman–Crippen LogP) is 2.34. The summed E-state index contributed by atoms with van der Waals surface area (Å²) >= 11 is 0. The number of aromatic nitrogens is 3. The lowest BCUT2D eigenvalue weighted by Gasteiger charge is -2.07. The number of aliphatic hydroxyl groups is 1. The molecule has 21 heavy (non-hydrogen) atoms. The first-order chi connectivity index (χ1) is 10.3. The number of rotatable bonds is 5. The summed E-state index contributed by atoms with van der Waals surface area (Å²) in [6.07, 6.45) is 5.27. The van der Waals surface area contributed by atoms with Crippen LogP contribution in [0, 0.1) is 0 Å². The van der Waals surface area contributed by atoms with Gasteiger partial charge >= 0.3 is 0 Å². The molecule has 0 aliphatic carbocycles. The highest BCUT2D eigenvalue weighted by molar-refractivity contribution is 5.33. The van der Waals surface area contributed by atoms with E-state index in [2.05, 4.69) is 10.1 Å². The van der Waals surface area contributed by atoms with Gasteiger partial charge < -0.3 is 9.84 Å². The van der Waals surface area contributed by atoms with Crippen LogP contribution >= 0.6 is 0 Å². The number of pyridine rings is 1. The van der Waals surface area contributed by atoms with Gasteiger partial charge in [-0.2, -0.15) is 5.10 Å². The molecule has 0 fully saturated rings. The molecular weight excluding hydrogens is 266 g/mol. The molecule has 0 unspecified atom stereocenters. The summed E-state index contributed by atoms with van der Waals surface area (Å²) in [4.78, 5) is 4.07. The van der Waals surface area contributed by atoms with Crippen LogP contribution in [0.2, 0.25) is 0 Å². The molecule has 0 bridgehead atoms. The van der Waals surface area contributed by atoms with Gasteiger partial charge in [0.05, 0.1) is 24.2 Å². The molecule has 0 aliphatic heterocycles. The maximum Gasteiger partial charge on any atom is 0.138 e. The van der Waals surface area contributed by atoms with Gasteiger partial charge in [-0.25, -0.2) is 4.68 Å². The average Bonchev–Trinajstić information content (AvgIpc) is 3.08. The van der Waals surface area contributed by atoms with Crippen LogP contribution in [0.5, 0.6) is 5.75 Å². The molecule has 106 valence electrons. The molecule has 0 amide bonds. The molecule has 0 spiro atoms. The summed E-state index contributed by atoms with van der Waals surface area (Å²) in [7, 11) is 0. The topological polar surface area (TPSA) is 60.2 Å². The SMILES string of the molecule is OCc1ccc(OCc2ccc(-n3cccn3)cc2)cn1. The third-order valence-corrected chi connectivity index (χ3v) is 3.07. The number of nitrogens with zero attached hydrogens (tertiary/aromatic N) is 3. The smallest absolute Gasteiger partial charge is 0.138 e. The Morgan fingerprint density at radius 3 is 2.57 bits per heavy atom. The van der Waals surface area contributed by atoms with Gasteiger partial charge in [-0.3, -0.25) is 4.98 Å². The standard InChI is InChI=1S/C16H15N3O2/c20-11-14-4-7-16(10-17-14)21-12-13-2-5-15(6-3-13)19-9-1-8-18-19/h1-10,20H,11-12H2. The normalized spacial score (nSPS) is 10.5. The molecule has 2 heterocycles. The molecule has 0 atom stereocenters. The van der Waals surface area contributed by atoms with E-state index in [-0.39, 0.29) is 6.61 Å². The minimum atomic E-state index is -0.0603. The Labute approximate surface area is 122 Å². The summed E-state index contributed by atoms with van der Waals surface area (Å²) < 4.78 is 7.46. The summed E-state index contributed by atoms with van der Waals surface area (Å²) in [6.45, 7) is 0.411. The minimum Gasteiger partial charge on any atom is -0.487 e. The van der Waals surface area contributed by atoms with Gasteiger partial charge in [0, 0.05) is 12.4 Å². The summed E-state index contributed by atoms with van der Waals surface area (Å²) in [6, 6.07) is 13.4. The van der Waals surface area contributed by atoms with Crippen LogP contribution in [-0.4, -0.2) is 19.9 Å².